The van der Waals surface area contributed by atoms with Crippen LogP contribution in [0, 0.1) is 13.8 Å². The lowest BCUT2D eigenvalue weighted by molar-refractivity contribution is 0.785. The molecule has 0 fully saturated rings. The molecule has 1 nitrogen and oxygen atoms in total. The van der Waals surface area contributed by atoms with Crippen molar-refractivity contribution in [3.05, 3.63) is 29.3 Å². The van der Waals surface area contributed by atoms with E-state index in [1.54, 1.807) is 0 Å². The lowest BCUT2D eigenvalue weighted by atomic mass is 10.1. The number of hydrogen-bond donors (Lipinski definition) is 1. The Bertz CT molecular complexity index is 296. The maximum absolute atomic E-state index is 3.19. The minimum atomic E-state index is 0.627. The van der Waals surface area contributed by atoms with Gasteiger partial charge in [0.2, 0.25) is 0 Å². The Balaban J connectivity index is 2.63. The zero-order chi connectivity index (χ0) is 10.6. The molecule has 1 N–H and O–H groups in total. The first kappa shape index (κ1) is 11.6. The van der Waals surface area contributed by atoms with Gasteiger partial charge in [-0.3, -0.25) is 0 Å². The van der Waals surface area contributed by atoms with E-state index in [9.17, 15) is 0 Å². The first-order chi connectivity index (χ1) is 6.63. The van der Waals surface area contributed by atoms with E-state index in [4.69, 9.17) is 0 Å². The summed E-state index contributed by atoms with van der Waals surface area (Å²) in [5.74, 6) is 0. The van der Waals surface area contributed by atoms with E-state index in [-0.39, 0.29) is 0 Å². The number of aryl methyl sites for hydroxylation is 2. The summed E-state index contributed by atoms with van der Waals surface area (Å²) in [6.07, 6.45) is 0. The maximum atomic E-state index is 3.19. The summed E-state index contributed by atoms with van der Waals surface area (Å²) in [5, 5.41) is 3.82. The van der Waals surface area contributed by atoms with Crippen molar-refractivity contribution < 1.29 is 0 Å². The first-order valence-electron chi connectivity index (χ1n) is 5.02. The lowest BCUT2D eigenvalue weighted by Gasteiger charge is -2.11. The van der Waals surface area contributed by atoms with Crippen molar-refractivity contribution in [1.29, 1.82) is 0 Å². The van der Waals surface area contributed by atoms with Crippen LogP contribution >= 0.6 is 11.8 Å². The fourth-order valence-corrected chi connectivity index (χ4v) is 2.45. The van der Waals surface area contributed by atoms with Gasteiger partial charge in [-0.05, 0) is 44.2 Å². The highest BCUT2D eigenvalue weighted by atomic mass is 32.2. The topological polar surface area (TPSA) is 12.0 Å². The molecule has 1 atom stereocenters. The zero-order valence-corrected chi connectivity index (χ0v) is 10.2. The number of rotatable bonds is 4. The van der Waals surface area contributed by atoms with Gasteiger partial charge >= 0.3 is 0 Å². The highest BCUT2D eigenvalue weighted by Crippen LogP contribution is 2.24. The third-order valence-corrected chi connectivity index (χ3v) is 3.40. The van der Waals surface area contributed by atoms with Crippen LogP contribution in [0.15, 0.2) is 23.1 Å². The molecule has 0 bridgehead atoms. The Hall–Kier alpha value is -0.470. The summed E-state index contributed by atoms with van der Waals surface area (Å²) in [6, 6.07) is 6.68. The Morgan fingerprint density at radius 3 is 2.57 bits per heavy atom. The van der Waals surface area contributed by atoms with E-state index >= 15 is 0 Å². The van der Waals surface area contributed by atoms with Crippen LogP contribution in [-0.4, -0.2) is 18.8 Å². The number of thioether (sulfide) groups is 1. The van der Waals surface area contributed by atoms with Crippen LogP contribution < -0.4 is 5.32 Å². The van der Waals surface area contributed by atoms with Crippen molar-refractivity contribution in [2.24, 2.45) is 0 Å². The van der Waals surface area contributed by atoms with Crippen molar-refractivity contribution in [2.75, 3.05) is 13.6 Å². The van der Waals surface area contributed by atoms with E-state index < -0.39 is 0 Å². The van der Waals surface area contributed by atoms with Gasteiger partial charge in [-0.15, -0.1) is 11.8 Å². The third kappa shape index (κ3) is 3.35. The van der Waals surface area contributed by atoms with Gasteiger partial charge in [0.05, 0.1) is 0 Å². The van der Waals surface area contributed by atoms with E-state index in [0.29, 0.717) is 5.25 Å². The average Bonchev–Trinajstić information content (AvgIpc) is 2.12. The quantitative estimate of drug-likeness (QED) is 0.765. The van der Waals surface area contributed by atoms with Crippen LogP contribution in [0.4, 0.5) is 0 Å². The highest BCUT2D eigenvalue weighted by Gasteiger charge is 2.03. The lowest BCUT2D eigenvalue weighted by Crippen LogP contribution is -2.17. The molecule has 0 aromatic heterocycles. The molecule has 0 amide bonds. The molecule has 0 spiro atoms. The predicted molar refractivity (Wildman–Crippen MR) is 65.2 cm³/mol. The normalized spacial score (nSPS) is 12.9. The van der Waals surface area contributed by atoms with Crippen molar-refractivity contribution in [3.8, 4) is 0 Å². The van der Waals surface area contributed by atoms with Crippen LogP contribution in [0.5, 0.6) is 0 Å². The third-order valence-electron chi connectivity index (χ3n) is 2.31. The fourth-order valence-electron chi connectivity index (χ4n) is 1.35. The molecule has 0 aliphatic heterocycles. The molecule has 1 rings (SSSR count). The molecule has 0 heterocycles. The SMILES string of the molecule is CNCC(C)Sc1ccc(C)c(C)c1. The number of hydrogen-bond acceptors (Lipinski definition) is 2. The molecule has 1 aromatic carbocycles. The van der Waals surface area contributed by atoms with Crippen molar-refractivity contribution >= 4 is 11.8 Å². The fraction of sp³-hybridized carbons (Fsp3) is 0.500. The van der Waals surface area contributed by atoms with Crippen molar-refractivity contribution in [3.63, 3.8) is 0 Å². The molecule has 1 unspecified atom stereocenters. The van der Waals surface area contributed by atoms with Crippen LogP contribution in [0.25, 0.3) is 0 Å². The smallest absolute Gasteiger partial charge is 0.0191 e. The summed E-state index contributed by atoms with van der Waals surface area (Å²) in [6.45, 7) is 7.62. The number of benzene rings is 1. The summed E-state index contributed by atoms with van der Waals surface area (Å²) < 4.78 is 0. The number of nitrogens with one attached hydrogen (secondary N) is 1. The molecule has 0 saturated carbocycles. The van der Waals surface area contributed by atoms with Gasteiger partial charge in [-0.25, -0.2) is 0 Å². The minimum absolute atomic E-state index is 0.627. The summed E-state index contributed by atoms with van der Waals surface area (Å²) in [7, 11) is 2.00. The van der Waals surface area contributed by atoms with E-state index in [1.807, 2.05) is 18.8 Å². The Labute approximate surface area is 91.3 Å². The van der Waals surface area contributed by atoms with Crippen LogP contribution in [-0.2, 0) is 0 Å². The average molecular weight is 209 g/mol. The van der Waals surface area contributed by atoms with Crippen LogP contribution in [0.1, 0.15) is 18.1 Å². The second-order valence-electron chi connectivity index (χ2n) is 3.73. The highest BCUT2D eigenvalue weighted by molar-refractivity contribution is 8.00. The Kier molecular flexibility index (Phi) is 4.49. The molecule has 0 aliphatic carbocycles. The molecular formula is C12H19NS. The van der Waals surface area contributed by atoms with Gasteiger partial charge in [-0.1, -0.05) is 13.0 Å². The Morgan fingerprint density at radius 1 is 1.29 bits per heavy atom. The second kappa shape index (κ2) is 5.42. The van der Waals surface area contributed by atoms with Crippen LogP contribution in [0.2, 0.25) is 0 Å². The molecule has 78 valence electrons. The zero-order valence-electron chi connectivity index (χ0n) is 9.42. The Morgan fingerprint density at radius 2 is 2.00 bits per heavy atom. The molecule has 0 saturated heterocycles. The minimum Gasteiger partial charge on any atom is -0.319 e. The summed E-state index contributed by atoms with van der Waals surface area (Å²) >= 11 is 1.93. The monoisotopic (exact) mass is 209 g/mol. The van der Waals surface area contributed by atoms with E-state index in [0.717, 1.165) is 6.54 Å². The summed E-state index contributed by atoms with van der Waals surface area (Å²) in [4.78, 5) is 1.37. The van der Waals surface area contributed by atoms with Gasteiger partial charge in [0.1, 0.15) is 0 Å². The van der Waals surface area contributed by atoms with Crippen LogP contribution in [0.3, 0.4) is 0 Å². The second-order valence-corrected chi connectivity index (χ2v) is 5.24. The van der Waals surface area contributed by atoms with Crippen molar-refractivity contribution in [2.45, 2.75) is 30.9 Å². The molecule has 2 heteroatoms. The van der Waals surface area contributed by atoms with E-state index in [2.05, 4.69) is 44.3 Å². The molecule has 0 aliphatic rings. The molecule has 0 radical (unpaired) electrons. The molecule has 14 heavy (non-hydrogen) atoms. The predicted octanol–water partition coefficient (Wildman–Crippen LogP) is 3.00. The standard InChI is InChI=1S/C12H19NS/c1-9-5-6-12(7-10(9)2)14-11(3)8-13-4/h5-7,11,13H,8H2,1-4H3. The van der Waals surface area contributed by atoms with Gasteiger partial charge in [0, 0.05) is 16.7 Å². The molecular weight excluding hydrogens is 190 g/mol. The largest absolute Gasteiger partial charge is 0.319 e. The van der Waals surface area contributed by atoms with Crippen molar-refractivity contribution in [1.82, 2.24) is 5.32 Å². The summed E-state index contributed by atoms with van der Waals surface area (Å²) in [5.41, 5.74) is 2.75. The van der Waals surface area contributed by atoms with Gasteiger partial charge in [0.25, 0.3) is 0 Å². The van der Waals surface area contributed by atoms with Gasteiger partial charge in [-0.2, -0.15) is 0 Å². The van der Waals surface area contributed by atoms with E-state index in [1.165, 1.54) is 16.0 Å². The molecule has 1 aromatic rings. The van der Waals surface area contributed by atoms with Gasteiger partial charge in [0.15, 0.2) is 0 Å². The van der Waals surface area contributed by atoms with Gasteiger partial charge < -0.3 is 5.32 Å². The maximum Gasteiger partial charge on any atom is 0.0191 e. The first-order valence-corrected chi connectivity index (χ1v) is 5.90.